The smallest absolute Gasteiger partial charge is 0.203 e. The fraction of sp³-hybridized carbons (Fsp3) is 0.391. The first kappa shape index (κ1) is 20.8. The summed E-state index contributed by atoms with van der Waals surface area (Å²) < 4.78 is 36.5. The number of halogens is 1. The Kier molecular flexibility index (Phi) is 6.52. The summed E-state index contributed by atoms with van der Waals surface area (Å²) in [4.78, 5) is 0. The third-order valence-electron chi connectivity index (χ3n) is 5.27. The van der Waals surface area contributed by atoms with Crippen LogP contribution in [0.15, 0.2) is 35.9 Å². The summed E-state index contributed by atoms with van der Waals surface area (Å²) in [5.41, 5.74) is 2.89. The normalized spacial score (nSPS) is 18.2. The highest BCUT2D eigenvalue weighted by Gasteiger charge is 2.25. The molecular formula is C23H27FO5. The van der Waals surface area contributed by atoms with Crippen LogP contribution in [0.25, 0.3) is 5.57 Å². The van der Waals surface area contributed by atoms with Crippen LogP contribution in [-0.4, -0.2) is 39.7 Å². The summed E-state index contributed by atoms with van der Waals surface area (Å²) in [5.74, 6) is 1.82. The zero-order valence-corrected chi connectivity index (χ0v) is 17.3. The molecule has 0 spiro atoms. The van der Waals surface area contributed by atoms with Gasteiger partial charge >= 0.3 is 0 Å². The van der Waals surface area contributed by atoms with Crippen LogP contribution >= 0.6 is 0 Å². The highest BCUT2D eigenvalue weighted by atomic mass is 19.1. The second kappa shape index (κ2) is 9.07. The second-order valence-corrected chi connectivity index (χ2v) is 6.91. The van der Waals surface area contributed by atoms with Crippen molar-refractivity contribution in [3.63, 3.8) is 0 Å². The van der Waals surface area contributed by atoms with Gasteiger partial charge in [-0.2, -0.15) is 0 Å². The number of methoxy groups -OCH3 is 4. The van der Waals surface area contributed by atoms with Crippen LogP contribution in [0.1, 0.15) is 36.8 Å². The van der Waals surface area contributed by atoms with Crippen LogP contribution in [0.2, 0.25) is 0 Å². The SMILES string of the molecule is COc1ccc(/C(=C2/CCCCC2F)c2cc(OC)c(OC)c(OC)c2)cc1O. The quantitative estimate of drug-likeness (QED) is 0.725. The summed E-state index contributed by atoms with van der Waals surface area (Å²) in [6.45, 7) is 0. The van der Waals surface area contributed by atoms with Gasteiger partial charge in [-0.1, -0.05) is 6.07 Å². The molecule has 5 nitrogen and oxygen atoms in total. The third kappa shape index (κ3) is 4.11. The molecule has 1 aliphatic rings. The summed E-state index contributed by atoms with van der Waals surface area (Å²) in [7, 11) is 6.13. The maximum absolute atomic E-state index is 15.0. The van der Waals surface area contributed by atoms with Gasteiger partial charge in [-0.25, -0.2) is 4.39 Å². The van der Waals surface area contributed by atoms with Crippen LogP contribution in [0.5, 0.6) is 28.7 Å². The van der Waals surface area contributed by atoms with Gasteiger partial charge in [0.2, 0.25) is 5.75 Å². The number of allylic oxidation sites excluding steroid dienone is 1. The minimum absolute atomic E-state index is 0.00163. The van der Waals surface area contributed by atoms with Gasteiger partial charge in [0, 0.05) is 0 Å². The molecule has 1 aliphatic carbocycles. The average Bonchev–Trinajstić information content (AvgIpc) is 2.74. The molecule has 1 N–H and O–H groups in total. The van der Waals surface area contributed by atoms with Gasteiger partial charge < -0.3 is 24.1 Å². The third-order valence-corrected chi connectivity index (χ3v) is 5.27. The lowest BCUT2D eigenvalue weighted by molar-refractivity contribution is 0.318. The number of ether oxygens (including phenoxy) is 4. The Balaban J connectivity index is 2.27. The number of alkyl halides is 1. The van der Waals surface area contributed by atoms with E-state index in [1.54, 1.807) is 33.5 Å². The first-order chi connectivity index (χ1) is 14.0. The number of aromatic hydroxyl groups is 1. The Hall–Kier alpha value is -2.89. The summed E-state index contributed by atoms with van der Waals surface area (Å²) in [5, 5.41) is 10.3. The summed E-state index contributed by atoms with van der Waals surface area (Å²) in [6, 6.07) is 8.73. The standard InChI is InChI=1S/C23H27FO5/c1-26-19-10-9-14(11-18(19)25)22(16-7-5-6-8-17(16)24)15-12-20(27-2)23(29-4)21(13-15)28-3/h9-13,17,25H,5-8H2,1-4H3/b22-16+. The molecule has 0 radical (unpaired) electrons. The number of hydrogen-bond acceptors (Lipinski definition) is 5. The average molecular weight is 402 g/mol. The molecule has 0 aliphatic heterocycles. The van der Waals surface area contributed by atoms with E-state index in [1.165, 1.54) is 7.11 Å². The summed E-state index contributed by atoms with van der Waals surface area (Å²) in [6.07, 6.45) is 1.89. The molecule has 0 aromatic heterocycles. The van der Waals surface area contributed by atoms with Crippen molar-refractivity contribution in [1.82, 2.24) is 0 Å². The van der Waals surface area contributed by atoms with E-state index in [4.69, 9.17) is 18.9 Å². The fourth-order valence-corrected chi connectivity index (χ4v) is 3.86. The van der Waals surface area contributed by atoms with Crippen molar-refractivity contribution in [3.05, 3.63) is 47.0 Å². The predicted octanol–water partition coefficient (Wildman–Crippen LogP) is 5.14. The maximum atomic E-state index is 15.0. The largest absolute Gasteiger partial charge is 0.504 e. The van der Waals surface area contributed by atoms with Crippen molar-refractivity contribution in [3.8, 4) is 28.7 Å². The van der Waals surface area contributed by atoms with Crippen LogP contribution in [-0.2, 0) is 0 Å². The van der Waals surface area contributed by atoms with Gasteiger partial charge in [0.25, 0.3) is 0 Å². The number of phenolic OH excluding ortho intramolecular Hbond substituents is 1. The molecule has 1 atom stereocenters. The molecule has 1 saturated carbocycles. The van der Waals surface area contributed by atoms with E-state index >= 15 is 0 Å². The zero-order chi connectivity index (χ0) is 21.0. The molecule has 0 saturated heterocycles. The Morgan fingerprint density at radius 1 is 0.862 bits per heavy atom. The highest BCUT2D eigenvalue weighted by Crippen LogP contribution is 2.44. The van der Waals surface area contributed by atoms with Gasteiger partial charge in [0.1, 0.15) is 6.17 Å². The minimum Gasteiger partial charge on any atom is -0.504 e. The highest BCUT2D eigenvalue weighted by molar-refractivity contribution is 5.85. The molecule has 1 unspecified atom stereocenters. The second-order valence-electron chi connectivity index (χ2n) is 6.91. The minimum atomic E-state index is -1.04. The number of rotatable bonds is 6. The van der Waals surface area contributed by atoms with E-state index in [9.17, 15) is 9.50 Å². The number of benzene rings is 2. The van der Waals surface area contributed by atoms with E-state index in [0.717, 1.165) is 29.6 Å². The first-order valence-corrected chi connectivity index (χ1v) is 9.58. The lowest BCUT2D eigenvalue weighted by Gasteiger charge is -2.25. The number of hydrogen-bond donors (Lipinski definition) is 1. The molecule has 0 bridgehead atoms. The van der Waals surface area contributed by atoms with Crippen LogP contribution in [0.3, 0.4) is 0 Å². The Labute approximate surface area is 170 Å². The Morgan fingerprint density at radius 2 is 1.52 bits per heavy atom. The first-order valence-electron chi connectivity index (χ1n) is 9.58. The Bertz CT molecular complexity index is 881. The number of phenols is 1. The van der Waals surface area contributed by atoms with Crippen molar-refractivity contribution >= 4 is 5.57 Å². The van der Waals surface area contributed by atoms with Gasteiger partial charge in [-0.05, 0) is 72.2 Å². The van der Waals surface area contributed by atoms with E-state index in [1.807, 2.05) is 18.2 Å². The van der Waals surface area contributed by atoms with Gasteiger partial charge in [-0.15, -0.1) is 0 Å². The van der Waals surface area contributed by atoms with Crippen LogP contribution in [0, 0.1) is 0 Å². The van der Waals surface area contributed by atoms with Crippen LogP contribution in [0.4, 0.5) is 4.39 Å². The topological polar surface area (TPSA) is 57.2 Å². The maximum Gasteiger partial charge on any atom is 0.203 e. The van der Waals surface area contributed by atoms with Crippen LogP contribution < -0.4 is 18.9 Å². The summed E-state index contributed by atoms with van der Waals surface area (Å²) >= 11 is 0. The van der Waals surface area contributed by atoms with Gasteiger partial charge in [0.05, 0.1) is 28.4 Å². The van der Waals surface area contributed by atoms with E-state index < -0.39 is 6.17 Å². The Morgan fingerprint density at radius 3 is 2.03 bits per heavy atom. The molecule has 3 rings (SSSR count). The van der Waals surface area contributed by atoms with Gasteiger partial charge in [-0.3, -0.25) is 0 Å². The monoisotopic (exact) mass is 402 g/mol. The fourth-order valence-electron chi connectivity index (χ4n) is 3.86. The molecule has 1 fully saturated rings. The van der Waals surface area contributed by atoms with E-state index in [0.29, 0.717) is 41.4 Å². The molecule has 156 valence electrons. The molecule has 2 aromatic carbocycles. The van der Waals surface area contributed by atoms with Crippen molar-refractivity contribution in [2.45, 2.75) is 31.9 Å². The van der Waals surface area contributed by atoms with Crippen molar-refractivity contribution in [1.29, 1.82) is 0 Å². The predicted molar refractivity (Wildman–Crippen MR) is 110 cm³/mol. The van der Waals surface area contributed by atoms with Crippen molar-refractivity contribution in [2.75, 3.05) is 28.4 Å². The van der Waals surface area contributed by atoms with Crippen molar-refractivity contribution < 1.29 is 28.4 Å². The lowest BCUT2D eigenvalue weighted by Crippen LogP contribution is -2.13. The lowest BCUT2D eigenvalue weighted by atomic mass is 9.83. The van der Waals surface area contributed by atoms with Gasteiger partial charge in [0.15, 0.2) is 23.0 Å². The van der Waals surface area contributed by atoms with Crippen molar-refractivity contribution in [2.24, 2.45) is 0 Å². The molecule has 6 heteroatoms. The molecular weight excluding hydrogens is 375 g/mol. The molecule has 29 heavy (non-hydrogen) atoms. The van der Waals surface area contributed by atoms with E-state index in [-0.39, 0.29) is 5.75 Å². The molecule has 0 amide bonds. The molecule has 0 heterocycles. The zero-order valence-electron chi connectivity index (χ0n) is 17.3. The van der Waals surface area contributed by atoms with E-state index in [2.05, 4.69) is 0 Å². The molecule has 2 aromatic rings.